The number of hydrogen-bond donors (Lipinski definition) is 2. The van der Waals surface area contributed by atoms with Gasteiger partial charge in [0.05, 0.1) is 17.1 Å². The van der Waals surface area contributed by atoms with Crippen LogP contribution in [0.25, 0.3) is 5.69 Å². The molecule has 4 heteroatoms. The smallest absolute Gasteiger partial charge is 0.0902 e. The van der Waals surface area contributed by atoms with Crippen molar-refractivity contribution in [2.24, 2.45) is 0 Å². The van der Waals surface area contributed by atoms with Crippen molar-refractivity contribution < 1.29 is 5.21 Å². The molecule has 0 amide bonds. The lowest BCUT2D eigenvalue weighted by molar-refractivity contribution is 0.388. The number of aryl methyl sites for hydroxylation is 2. The molecule has 2 aromatic rings. The molecule has 1 aromatic carbocycles. The number of hydrogen-bond acceptors (Lipinski definition) is 3. The molecular formula is C11H13N3O. The number of benzene rings is 1. The molecule has 15 heavy (non-hydrogen) atoms. The summed E-state index contributed by atoms with van der Waals surface area (Å²) in [5.74, 6) is 0. The van der Waals surface area contributed by atoms with Crippen LogP contribution in [0, 0.1) is 13.8 Å². The summed E-state index contributed by atoms with van der Waals surface area (Å²) in [6.07, 6.45) is 0. The number of rotatable bonds is 2. The molecule has 0 saturated heterocycles. The molecule has 0 radical (unpaired) electrons. The SMILES string of the molecule is Cc1cc(C)n(-c2ccccc2NO)n1. The van der Waals surface area contributed by atoms with Gasteiger partial charge < -0.3 is 0 Å². The lowest BCUT2D eigenvalue weighted by Crippen LogP contribution is -2.03. The summed E-state index contributed by atoms with van der Waals surface area (Å²) in [7, 11) is 0. The van der Waals surface area contributed by atoms with E-state index in [2.05, 4.69) is 10.6 Å². The average Bonchev–Trinajstić information content (AvgIpc) is 2.57. The largest absolute Gasteiger partial charge is 0.291 e. The van der Waals surface area contributed by atoms with Crippen molar-refractivity contribution in [2.45, 2.75) is 13.8 Å². The zero-order valence-electron chi connectivity index (χ0n) is 8.73. The molecule has 2 N–H and O–H groups in total. The third-order valence-electron chi connectivity index (χ3n) is 2.26. The second-order valence-electron chi connectivity index (χ2n) is 3.47. The summed E-state index contributed by atoms with van der Waals surface area (Å²) in [6, 6.07) is 9.46. The maximum absolute atomic E-state index is 8.99. The first-order valence-electron chi connectivity index (χ1n) is 4.75. The Morgan fingerprint density at radius 1 is 1.27 bits per heavy atom. The van der Waals surface area contributed by atoms with Gasteiger partial charge in [-0.15, -0.1) is 0 Å². The van der Waals surface area contributed by atoms with E-state index in [-0.39, 0.29) is 0 Å². The lowest BCUT2D eigenvalue weighted by Gasteiger charge is -2.09. The van der Waals surface area contributed by atoms with Gasteiger partial charge in [-0.2, -0.15) is 5.10 Å². The summed E-state index contributed by atoms with van der Waals surface area (Å²) >= 11 is 0. The van der Waals surface area contributed by atoms with Crippen LogP contribution in [-0.4, -0.2) is 15.0 Å². The van der Waals surface area contributed by atoms with Crippen molar-refractivity contribution in [1.29, 1.82) is 0 Å². The van der Waals surface area contributed by atoms with Gasteiger partial charge in [-0.1, -0.05) is 12.1 Å². The van der Waals surface area contributed by atoms with Crippen LogP contribution in [0.2, 0.25) is 0 Å². The predicted molar refractivity (Wildman–Crippen MR) is 58.4 cm³/mol. The van der Waals surface area contributed by atoms with E-state index in [1.807, 2.05) is 38.1 Å². The summed E-state index contributed by atoms with van der Waals surface area (Å²) in [5, 5.41) is 13.3. The fourth-order valence-electron chi connectivity index (χ4n) is 1.63. The highest BCUT2D eigenvalue weighted by Gasteiger charge is 2.07. The third-order valence-corrected chi connectivity index (χ3v) is 2.26. The van der Waals surface area contributed by atoms with Crippen LogP contribution in [0.1, 0.15) is 11.4 Å². The molecule has 4 nitrogen and oxygen atoms in total. The predicted octanol–water partition coefficient (Wildman–Crippen LogP) is 2.29. The molecule has 0 aliphatic rings. The van der Waals surface area contributed by atoms with Gasteiger partial charge in [0.15, 0.2) is 0 Å². The van der Waals surface area contributed by atoms with Crippen molar-refractivity contribution in [3.63, 3.8) is 0 Å². The van der Waals surface area contributed by atoms with Crippen LogP contribution in [0.5, 0.6) is 0 Å². The molecule has 0 bridgehead atoms. The summed E-state index contributed by atoms with van der Waals surface area (Å²) < 4.78 is 1.80. The monoisotopic (exact) mass is 203 g/mol. The van der Waals surface area contributed by atoms with E-state index in [1.54, 1.807) is 10.7 Å². The van der Waals surface area contributed by atoms with Gasteiger partial charge in [0, 0.05) is 5.69 Å². The lowest BCUT2D eigenvalue weighted by atomic mass is 10.2. The quantitative estimate of drug-likeness (QED) is 0.736. The van der Waals surface area contributed by atoms with Crippen LogP contribution in [0.4, 0.5) is 5.69 Å². The summed E-state index contributed by atoms with van der Waals surface area (Å²) in [5.41, 5.74) is 5.65. The van der Waals surface area contributed by atoms with Crippen molar-refractivity contribution in [1.82, 2.24) is 9.78 Å². The first kappa shape index (κ1) is 9.73. The van der Waals surface area contributed by atoms with Gasteiger partial charge in [-0.05, 0) is 32.0 Å². The Balaban J connectivity index is 2.58. The number of aromatic nitrogens is 2. The normalized spacial score (nSPS) is 10.3. The van der Waals surface area contributed by atoms with E-state index in [9.17, 15) is 0 Å². The van der Waals surface area contributed by atoms with Gasteiger partial charge >= 0.3 is 0 Å². The zero-order valence-corrected chi connectivity index (χ0v) is 8.73. The second kappa shape index (κ2) is 3.74. The zero-order chi connectivity index (χ0) is 10.8. The first-order valence-corrected chi connectivity index (χ1v) is 4.75. The molecular weight excluding hydrogens is 190 g/mol. The minimum absolute atomic E-state index is 0.642. The van der Waals surface area contributed by atoms with Crippen LogP contribution < -0.4 is 5.48 Å². The molecule has 0 unspecified atom stereocenters. The standard InChI is InChI=1S/C11H13N3O/c1-8-7-9(2)14(12-8)11-6-4-3-5-10(11)13-15/h3-7,13,15H,1-2H3. The van der Waals surface area contributed by atoms with E-state index in [4.69, 9.17) is 5.21 Å². The first-order chi connectivity index (χ1) is 7.22. The maximum Gasteiger partial charge on any atom is 0.0902 e. The molecule has 0 spiro atoms. The average molecular weight is 203 g/mol. The Morgan fingerprint density at radius 2 is 2.00 bits per heavy atom. The third kappa shape index (κ3) is 1.71. The van der Waals surface area contributed by atoms with Gasteiger partial charge in [0.25, 0.3) is 0 Å². The van der Waals surface area contributed by atoms with Gasteiger partial charge in [0.2, 0.25) is 0 Å². The summed E-state index contributed by atoms with van der Waals surface area (Å²) in [6.45, 7) is 3.92. The van der Waals surface area contributed by atoms with Crippen LogP contribution >= 0.6 is 0 Å². The van der Waals surface area contributed by atoms with Crippen LogP contribution in [0.15, 0.2) is 30.3 Å². The molecule has 1 heterocycles. The topological polar surface area (TPSA) is 50.1 Å². The molecule has 0 atom stereocenters. The highest BCUT2D eigenvalue weighted by Crippen LogP contribution is 2.20. The van der Waals surface area contributed by atoms with Gasteiger partial charge in [-0.25, -0.2) is 4.68 Å². The highest BCUT2D eigenvalue weighted by atomic mass is 16.5. The minimum Gasteiger partial charge on any atom is -0.291 e. The van der Waals surface area contributed by atoms with E-state index in [0.29, 0.717) is 5.69 Å². The molecule has 1 aromatic heterocycles. The second-order valence-corrected chi connectivity index (χ2v) is 3.47. The molecule has 78 valence electrons. The number of para-hydroxylation sites is 2. The Morgan fingerprint density at radius 3 is 2.60 bits per heavy atom. The fourth-order valence-corrected chi connectivity index (χ4v) is 1.63. The Hall–Kier alpha value is -1.81. The van der Waals surface area contributed by atoms with E-state index in [1.165, 1.54) is 0 Å². The van der Waals surface area contributed by atoms with Gasteiger partial charge in [-0.3, -0.25) is 10.7 Å². The van der Waals surface area contributed by atoms with E-state index >= 15 is 0 Å². The Bertz CT molecular complexity index is 476. The van der Waals surface area contributed by atoms with Crippen LogP contribution in [0.3, 0.4) is 0 Å². The molecule has 2 rings (SSSR count). The van der Waals surface area contributed by atoms with Crippen molar-refractivity contribution in [3.05, 3.63) is 41.7 Å². The van der Waals surface area contributed by atoms with Crippen molar-refractivity contribution in [3.8, 4) is 5.69 Å². The number of anilines is 1. The van der Waals surface area contributed by atoms with Crippen molar-refractivity contribution in [2.75, 3.05) is 5.48 Å². The van der Waals surface area contributed by atoms with E-state index < -0.39 is 0 Å². The maximum atomic E-state index is 8.99. The number of nitrogens with zero attached hydrogens (tertiary/aromatic N) is 2. The van der Waals surface area contributed by atoms with Crippen molar-refractivity contribution >= 4 is 5.69 Å². The molecule has 0 aliphatic carbocycles. The molecule has 0 fully saturated rings. The van der Waals surface area contributed by atoms with Crippen LogP contribution in [-0.2, 0) is 0 Å². The molecule has 0 aliphatic heterocycles. The minimum atomic E-state index is 0.642. The van der Waals surface area contributed by atoms with Gasteiger partial charge in [0.1, 0.15) is 0 Å². The Labute approximate surface area is 88.1 Å². The fraction of sp³-hybridized carbons (Fsp3) is 0.182. The summed E-state index contributed by atoms with van der Waals surface area (Å²) in [4.78, 5) is 0. The Kier molecular flexibility index (Phi) is 2.43. The number of nitrogens with one attached hydrogen (secondary N) is 1. The molecule has 0 saturated carbocycles. The highest BCUT2D eigenvalue weighted by molar-refractivity contribution is 5.59. The van der Waals surface area contributed by atoms with E-state index in [0.717, 1.165) is 17.1 Å².